The number of hydrogen-bond donors (Lipinski definition) is 0. The van der Waals surface area contributed by atoms with E-state index in [1.165, 1.54) is 32.1 Å². The molecule has 1 aromatic rings. The molecule has 0 bridgehead atoms. The van der Waals surface area contributed by atoms with E-state index in [9.17, 15) is 9.59 Å². The number of halogens is 1. The van der Waals surface area contributed by atoms with Gasteiger partial charge in [-0.3, -0.25) is 9.59 Å². The average Bonchev–Trinajstić information content (AvgIpc) is 3.37. The van der Waals surface area contributed by atoms with Crippen molar-refractivity contribution in [2.45, 2.75) is 77.0 Å². The van der Waals surface area contributed by atoms with Crippen molar-refractivity contribution < 1.29 is 14.3 Å². The maximum absolute atomic E-state index is 13.2. The first-order valence-electron chi connectivity index (χ1n) is 13.0. The molecule has 1 aromatic carbocycles. The van der Waals surface area contributed by atoms with Gasteiger partial charge in [0, 0.05) is 49.5 Å². The second kappa shape index (κ2) is 11.6. The summed E-state index contributed by atoms with van der Waals surface area (Å²) in [4.78, 5) is 30.1. The fourth-order valence-corrected chi connectivity index (χ4v) is 5.86. The van der Waals surface area contributed by atoms with Crippen molar-refractivity contribution in [3.05, 3.63) is 29.3 Å². The van der Waals surface area contributed by atoms with Gasteiger partial charge in [-0.15, -0.1) is 0 Å². The number of carbonyl (C=O) groups is 2. The third kappa shape index (κ3) is 6.88. The fraction of sp³-hybridized carbons (Fsp3) is 0.704. The molecule has 1 aliphatic carbocycles. The number of likely N-dealkylation sites (tertiary alicyclic amines) is 2. The standard InChI is InChI=1S/C27H39ClN2O3/c28-23-9-11-24(12-10-23)33-21-27(20-26(32)29-16-4-1-5-17-29)14-18-30(19-15-27)25(31)13-8-22-6-2-3-7-22/h9-12,22H,1-8,13-21H2. The van der Waals surface area contributed by atoms with Gasteiger partial charge in [0.25, 0.3) is 0 Å². The molecule has 0 spiro atoms. The number of benzene rings is 1. The van der Waals surface area contributed by atoms with E-state index in [0.717, 1.165) is 70.0 Å². The number of amides is 2. The summed E-state index contributed by atoms with van der Waals surface area (Å²) in [5.74, 6) is 2.05. The van der Waals surface area contributed by atoms with Crippen molar-refractivity contribution in [1.29, 1.82) is 0 Å². The molecule has 2 saturated heterocycles. The van der Waals surface area contributed by atoms with Crippen molar-refractivity contribution in [3.8, 4) is 5.75 Å². The lowest BCUT2D eigenvalue weighted by molar-refractivity contribution is -0.138. The minimum Gasteiger partial charge on any atom is -0.493 e. The van der Waals surface area contributed by atoms with Crippen LogP contribution in [0.15, 0.2) is 24.3 Å². The van der Waals surface area contributed by atoms with E-state index in [1.807, 2.05) is 34.1 Å². The Bertz CT molecular complexity index is 777. The fourth-order valence-electron chi connectivity index (χ4n) is 5.73. The molecule has 0 aromatic heterocycles. The largest absolute Gasteiger partial charge is 0.493 e. The SMILES string of the molecule is O=C(CCC1CCCC1)N1CCC(COc2ccc(Cl)cc2)(CC(=O)N2CCCCC2)CC1. The molecule has 0 N–H and O–H groups in total. The molecule has 0 unspecified atom stereocenters. The molecule has 0 radical (unpaired) electrons. The molecule has 5 nitrogen and oxygen atoms in total. The summed E-state index contributed by atoms with van der Waals surface area (Å²) in [5.41, 5.74) is -0.226. The predicted octanol–water partition coefficient (Wildman–Crippen LogP) is 5.70. The minimum absolute atomic E-state index is 0.226. The van der Waals surface area contributed by atoms with E-state index in [1.54, 1.807) is 0 Å². The van der Waals surface area contributed by atoms with Crippen molar-refractivity contribution >= 4 is 23.4 Å². The Morgan fingerprint density at radius 3 is 2.18 bits per heavy atom. The summed E-state index contributed by atoms with van der Waals surface area (Å²) in [6, 6.07) is 7.41. The zero-order valence-corrected chi connectivity index (χ0v) is 20.7. The van der Waals surface area contributed by atoms with Crippen LogP contribution in [0.4, 0.5) is 0 Å². The predicted molar refractivity (Wildman–Crippen MR) is 131 cm³/mol. The number of ether oxygens (including phenoxy) is 1. The first-order chi connectivity index (χ1) is 16.0. The lowest BCUT2D eigenvalue weighted by Crippen LogP contribution is -2.48. The molecule has 0 atom stereocenters. The third-order valence-electron chi connectivity index (χ3n) is 8.01. The lowest BCUT2D eigenvalue weighted by atomic mass is 9.75. The van der Waals surface area contributed by atoms with E-state index in [4.69, 9.17) is 16.3 Å². The molecular formula is C27H39ClN2O3. The first-order valence-corrected chi connectivity index (χ1v) is 13.3. The van der Waals surface area contributed by atoms with Crippen LogP contribution in [0.25, 0.3) is 0 Å². The smallest absolute Gasteiger partial charge is 0.223 e. The number of carbonyl (C=O) groups excluding carboxylic acids is 2. The number of nitrogens with zero attached hydrogens (tertiary/aromatic N) is 2. The number of piperidine rings is 2. The van der Waals surface area contributed by atoms with Gasteiger partial charge in [0.05, 0.1) is 6.61 Å². The Kier molecular flexibility index (Phi) is 8.56. The van der Waals surface area contributed by atoms with Crippen molar-refractivity contribution in [2.24, 2.45) is 11.3 Å². The van der Waals surface area contributed by atoms with Gasteiger partial charge in [-0.2, -0.15) is 0 Å². The Labute approximate surface area is 203 Å². The van der Waals surface area contributed by atoms with Crippen LogP contribution in [0.2, 0.25) is 5.02 Å². The van der Waals surface area contributed by atoms with E-state index >= 15 is 0 Å². The summed E-state index contributed by atoms with van der Waals surface area (Å²) < 4.78 is 6.17. The molecular weight excluding hydrogens is 436 g/mol. The van der Waals surface area contributed by atoms with Gasteiger partial charge in [0.2, 0.25) is 11.8 Å². The average molecular weight is 475 g/mol. The van der Waals surface area contributed by atoms with Crippen molar-refractivity contribution in [2.75, 3.05) is 32.8 Å². The van der Waals surface area contributed by atoms with E-state index in [-0.39, 0.29) is 17.2 Å². The van der Waals surface area contributed by atoms with Gasteiger partial charge in [0.15, 0.2) is 0 Å². The highest BCUT2D eigenvalue weighted by Crippen LogP contribution is 2.37. The molecule has 6 heteroatoms. The van der Waals surface area contributed by atoms with Gasteiger partial charge >= 0.3 is 0 Å². The van der Waals surface area contributed by atoms with Crippen LogP contribution in [-0.2, 0) is 9.59 Å². The van der Waals surface area contributed by atoms with Crippen LogP contribution in [0, 0.1) is 11.3 Å². The summed E-state index contributed by atoms with van der Waals surface area (Å²) in [6.45, 7) is 3.69. The zero-order valence-electron chi connectivity index (χ0n) is 19.9. The van der Waals surface area contributed by atoms with E-state index in [0.29, 0.717) is 24.5 Å². The van der Waals surface area contributed by atoms with Gasteiger partial charge in [0.1, 0.15) is 5.75 Å². The molecule has 2 aliphatic heterocycles. The molecule has 182 valence electrons. The Balaban J connectivity index is 1.35. The van der Waals surface area contributed by atoms with E-state index in [2.05, 4.69) is 0 Å². The van der Waals surface area contributed by atoms with Crippen LogP contribution < -0.4 is 4.74 Å². The second-order valence-electron chi connectivity index (χ2n) is 10.4. The van der Waals surface area contributed by atoms with Crippen LogP contribution in [0.3, 0.4) is 0 Å². The monoisotopic (exact) mass is 474 g/mol. The molecule has 1 saturated carbocycles. The zero-order chi connectivity index (χ0) is 23.1. The molecule has 2 heterocycles. The highest BCUT2D eigenvalue weighted by Gasteiger charge is 2.39. The summed E-state index contributed by atoms with van der Waals surface area (Å²) in [5, 5.41) is 0.682. The number of hydrogen-bond acceptors (Lipinski definition) is 3. The van der Waals surface area contributed by atoms with Crippen LogP contribution in [0.5, 0.6) is 5.75 Å². The molecule has 33 heavy (non-hydrogen) atoms. The summed E-state index contributed by atoms with van der Waals surface area (Å²) in [7, 11) is 0. The van der Waals surface area contributed by atoms with E-state index < -0.39 is 0 Å². The normalized spacial score (nSPS) is 21.2. The van der Waals surface area contributed by atoms with Crippen LogP contribution in [0.1, 0.15) is 77.0 Å². The topological polar surface area (TPSA) is 49.9 Å². The van der Waals surface area contributed by atoms with Crippen molar-refractivity contribution in [3.63, 3.8) is 0 Å². The highest BCUT2D eigenvalue weighted by molar-refractivity contribution is 6.30. The molecule has 2 amide bonds. The van der Waals surface area contributed by atoms with Gasteiger partial charge in [-0.1, -0.05) is 37.3 Å². The lowest BCUT2D eigenvalue weighted by Gasteiger charge is -2.42. The Morgan fingerprint density at radius 1 is 0.879 bits per heavy atom. The maximum Gasteiger partial charge on any atom is 0.223 e. The van der Waals surface area contributed by atoms with Gasteiger partial charge in [-0.05, 0) is 68.7 Å². The van der Waals surface area contributed by atoms with Crippen LogP contribution >= 0.6 is 11.6 Å². The Hall–Kier alpha value is -1.75. The first kappa shape index (κ1) is 24.4. The van der Waals surface area contributed by atoms with Crippen LogP contribution in [-0.4, -0.2) is 54.4 Å². The van der Waals surface area contributed by atoms with Crippen molar-refractivity contribution in [1.82, 2.24) is 9.80 Å². The van der Waals surface area contributed by atoms with Gasteiger partial charge < -0.3 is 14.5 Å². The summed E-state index contributed by atoms with van der Waals surface area (Å²) in [6.07, 6.45) is 12.5. The minimum atomic E-state index is -0.226. The Morgan fingerprint density at radius 2 is 1.52 bits per heavy atom. The quantitative estimate of drug-likeness (QED) is 0.485. The third-order valence-corrected chi connectivity index (χ3v) is 8.26. The molecule has 3 fully saturated rings. The second-order valence-corrected chi connectivity index (χ2v) is 10.9. The molecule has 3 aliphatic rings. The molecule has 4 rings (SSSR count). The maximum atomic E-state index is 13.2. The highest BCUT2D eigenvalue weighted by atomic mass is 35.5. The van der Waals surface area contributed by atoms with Gasteiger partial charge in [-0.25, -0.2) is 0 Å². The summed E-state index contributed by atoms with van der Waals surface area (Å²) >= 11 is 6.01. The number of rotatable bonds is 8.